The Labute approximate surface area is 147 Å². The van der Waals surface area contributed by atoms with Crippen molar-refractivity contribution in [2.45, 2.75) is 50.5 Å². The lowest BCUT2D eigenvalue weighted by atomic mass is 9.98. The minimum atomic E-state index is -3.58. The van der Waals surface area contributed by atoms with Crippen LogP contribution in [0.5, 0.6) is 0 Å². The number of carbonyl (C=O) groups excluding carboxylic acids is 1. The molecule has 8 nitrogen and oxygen atoms in total. The quantitative estimate of drug-likeness (QED) is 0.828. The standard InChI is InChI=1S/C16H25N3O5S/c1-11-15(12(2)24-18-11)25(21,22)19-7-5-13(6-8-19)10-17-16(20)14-4-3-9-23-14/h13-14H,3-10H2,1-2H3,(H,17,20)/t14-/m1/s1. The maximum absolute atomic E-state index is 12.8. The van der Waals surface area contributed by atoms with Crippen LogP contribution in [-0.2, 0) is 19.6 Å². The number of nitrogens with one attached hydrogen (secondary N) is 1. The molecule has 0 unspecified atom stereocenters. The van der Waals surface area contributed by atoms with Gasteiger partial charge in [-0.15, -0.1) is 0 Å². The molecule has 1 atom stereocenters. The fourth-order valence-corrected chi connectivity index (χ4v) is 5.23. The van der Waals surface area contributed by atoms with Gasteiger partial charge in [0.2, 0.25) is 15.9 Å². The van der Waals surface area contributed by atoms with E-state index in [4.69, 9.17) is 9.26 Å². The molecule has 2 fully saturated rings. The van der Waals surface area contributed by atoms with E-state index in [0.717, 1.165) is 12.8 Å². The number of amides is 1. The number of hydrogen-bond donors (Lipinski definition) is 1. The summed E-state index contributed by atoms with van der Waals surface area (Å²) in [5.41, 5.74) is 0.392. The van der Waals surface area contributed by atoms with Gasteiger partial charge in [-0.1, -0.05) is 5.16 Å². The van der Waals surface area contributed by atoms with Gasteiger partial charge in [0.25, 0.3) is 0 Å². The topological polar surface area (TPSA) is 102 Å². The minimum absolute atomic E-state index is 0.0525. The van der Waals surface area contributed by atoms with Crippen molar-refractivity contribution in [3.8, 4) is 0 Å². The first-order valence-corrected chi connectivity index (χ1v) is 10.2. The zero-order chi connectivity index (χ0) is 18.0. The smallest absolute Gasteiger partial charge is 0.249 e. The minimum Gasteiger partial charge on any atom is -0.368 e. The molecule has 0 bridgehead atoms. The van der Waals surface area contributed by atoms with Gasteiger partial charge in [0, 0.05) is 26.2 Å². The summed E-state index contributed by atoms with van der Waals surface area (Å²) < 4.78 is 37.4. The van der Waals surface area contributed by atoms with E-state index in [1.54, 1.807) is 13.8 Å². The molecular formula is C16H25N3O5S. The van der Waals surface area contributed by atoms with Gasteiger partial charge in [0.1, 0.15) is 16.7 Å². The Morgan fingerprint density at radius 3 is 2.56 bits per heavy atom. The van der Waals surface area contributed by atoms with Gasteiger partial charge in [-0.3, -0.25) is 4.79 Å². The highest BCUT2D eigenvalue weighted by atomic mass is 32.2. The maximum Gasteiger partial charge on any atom is 0.249 e. The van der Waals surface area contributed by atoms with Crippen LogP contribution in [0, 0.1) is 19.8 Å². The summed E-state index contributed by atoms with van der Waals surface area (Å²) in [5, 5.41) is 6.68. The molecule has 2 saturated heterocycles. The molecule has 2 aliphatic rings. The van der Waals surface area contributed by atoms with Gasteiger partial charge in [0.05, 0.1) is 0 Å². The third-order valence-corrected chi connectivity index (χ3v) is 7.07. The van der Waals surface area contributed by atoms with Crippen LogP contribution in [0.4, 0.5) is 0 Å². The van der Waals surface area contributed by atoms with E-state index in [-0.39, 0.29) is 22.8 Å². The molecule has 0 radical (unpaired) electrons. The SMILES string of the molecule is Cc1noc(C)c1S(=O)(=O)N1CCC(CNC(=O)[C@H]2CCCO2)CC1. The molecule has 1 amide bonds. The Balaban J connectivity index is 1.52. The van der Waals surface area contributed by atoms with Crippen molar-refractivity contribution in [2.24, 2.45) is 5.92 Å². The summed E-state index contributed by atoms with van der Waals surface area (Å²) in [5.74, 6) is 0.549. The van der Waals surface area contributed by atoms with E-state index in [0.29, 0.717) is 50.5 Å². The lowest BCUT2D eigenvalue weighted by molar-refractivity contribution is -0.130. The van der Waals surface area contributed by atoms with E-state index in [9.17, 15) is 13.2 Å². The molecule has 2 aliphatic heterocycles. The number of hydrogen-bond acceptors (Lipinski definition) is 6. The Kier molecular flexibility index (Phi) is 5.45. The Bertz CT molecular complexity index is 697. The van der Waals surface area contributed by atoms with Gasteiger partial charge >= 0.3 is 0 Å². The lowest BCUT2D eigenvalue weighted by Crippen LogP contribution is -2.43. The van der Waals surface area contributed by atoms with Crippen molar-refractivity contribution < 1.29 is 22.5 Å². The molecule has 0 aromatic carbocycles. The van der Waals surface area contributed by atoms with Gasteiger partial charge in [-0.05, 0) is 45.4 Å². The Morgan fingerprint density at radius 2 is 2.00 bits per heavy atom. The van der Waals surface area contributed by atoms with Crippen LogP contribution in [-0.4, -0.2) is 56.1 Å². The van der Waals surface area contributed by atoms with Crippen molar-refractivity contribution in [3.05, 3.63) is 11.5 Å². The molecule has 1 N–H and O–H groups in total. The second kappa shape index (κ2) is 7.43. The first kappa shape index (κ1) is 18.3. The van der Waals surface area contributed by atoms with Crippen molar-refractivity contribution >= 4 is 15.9 Å². The monoisotopic (exact) mass is 371 g/mol. The van der Waals surface area contributed by atoms with E-state index in [2.05, 4.69) is 10.5 Å². The van der Waals surface area contributed by atoms with Crippen molar-refractivity contribution in [2.75, 3.05) is 26.2 Å². The number of rotatable bonds is 5. The van der Waals surface area contributed by atoms with E-state index >= 15 is 0 Å². The van der Waals surface area contributed by atoms with Crippen LogP contribution in [0.15, 0.2) is 9.42 Å². The van der Waals surface area contributed by atoms with Crippen molar-refractivity contribution in [1.29, 1.82) is 0 Å². The molecule has 9 heteroatoms. The first-order valence-electron chi connectivity index (χ1n) is 8.72. The van der Waals surface area contributed by atoms with Crippen LogP contribution in [0.3, 0.4) is 0 Å². The molecule has 0 saturated carbocycles. The van der Waals surface area contributed by atoms with Crippen LogP contribution in [0.25, 0.3) is 0 Å². The predicted octanol–water partition coefficient (Wildman–Crippen LogP) is 0.987. The van der Waals surface area contributed by atoms with Crippen molar-refractivity contribution in [3.63, 3.8) is 0 Å². The maximum atomic E-state index is 12.8. The zero-order valence-corrected chi connectivity index (χ0v) is 15.5. The van der Waals surface area contributed by atoms with Crippen molar-refractivity contribution in [1.82, 2.24) is 14.8 Å². The predicted molar refractivity (Wildman–Crippen MR) is 89.4 cm³/mol. The third kappa shape index (κ3) is 3.88. The summed E-state index contributed by atoms with van der Waals surface area (Å²) in [7, 11) is -3.58. The summed E-state index contributed by atoms with van der Waals surface area (Å²) in [6.07, 6.45) is 2.82. The van der Waals surface area contributed by atoms with Gasteiger partial charge < -0.3 is 14.6 Å². The summed E-state index contributed by atoms with van der Waals surface area (Å²) in [6, 6.07) is 0. The number of piperidine rings is 1. The van der Waals surface area contributed by atoms with Crippen LogP contribution < -0.4 is 5.32 Å². The second-order valence-electron chi connectivity index (χ2n) is 6.75. The zero-order valence-electron chi connectivity index (χ0n) is 14.7. The molecule has 3 heterocycles. The number of aromatic nitrogens is 1. The average Bonchev–Trinajstić information content (AvgIpc) is 3.23. The number of nitrogens with zero attached hydrogens (tertiary/aromatic N) is 2. The Hall–Kier alpha value is -1.45. The fourth-order valence-electron chi connectivity index (χ4n) is 3.47. The van der Waals surface area contributed by atoms with Crippen LogP contribution >= 0.6 is 0 Å². The molecule has 1 aromatic rings. The molecule has 3 rings (SSSR count). The first-order chi connectivity index (χ1) is 11.9. The third-order valence-electron chi connectivity index (χ3n) is 4.93. The molecule has 140 valence electrons. The lowest BCUT2D eigenvalue weighted by Gasteiger charge is -2.31. The van der Waals surface area contributed by atoms with E-state index in [1.165, 1.54) is 4.31 Å². The number of carbonyl (C=O) groups is 1. The largest absolute Gasteiger partial charge is 0.368 e. The molecule has 25 heavy (non-hydrogen) atoms. The number of aryl methyl sites for hydroxylation is 2. The number of ether oxygens (including phenoxy) is 1. The second-order valence-corrected chi connectivity index (χ2v) is 8.62. The summed E-state index contributed by atoms with van der Waals surface area (Å²) in [6.45, 7) is 5.34. The normalized spacial score (nSPS) is 23.0. The molecule has 0 aliphatic carbocycles. The van der Waals surface area contributed by atoms with Gasteiger partial charge in [0.15, 0.2) is 5.76 Å². The van der Waals surface area contributed by atoms with Gasteiger partial charge in [-0.2, -0.15) is 4.31 Å². The highest BCUT2D eigenvalue weighted by molar-refractivity contribution is 7.89. The van der Waals surface area contributed by atoms with E-state index in [1.807, 2.05) is 0 Å². The fraction of sp³-hybridized carbons (Fsp3) is 0.750. The highest BCUT2D eigenvalue weighted by Crippen LogP contribution is 2.27. The van der Waals surface area contributed by atoms with Gasteiger partial charge in [-0.25, -0.2) is 8.42 Å². The highest BCUT2D eigenvalue weighted by Gasteiger charge is 2.34. The molecule has 0 spiro atoms. The van der Waals surface area contributed by atoms with Crippen LogP contribution in [0.1, 0.15) is 37.1 Å². The summed E-state index contributed by atoms with van der Waals surface area (Å²) in [4.78, 5) is 12.2. The average molecular weight is 371 g/mol. The molecular weight excluding hydrogens is 346 g/mol. The number of sulfonamides is 1. The Morgan fingerprint density at radius 1 is 1.28 bits per heavy atom. The molecule has 1 aromatic heterocycles. The van der Waals surface area contributed by atoms with Crippen LogP contribution in [0.2, 0.25) is 0 Å². The summed E-state index contributed by atoms with van der Waals surface area (Å²) >= 11 is 0. The van der Waals surface area contributed by atoms with E-state index < -0.39 is 10.0 Å².